The monoisotopic (exact) mass is 190 g/mol. The Labute approximate surface area is 66.2 Å². The fraction of sp³-hybridized carbons (Fsp3) is 1.00. The molecule has 1 aliphatic rings. The van der Waals surface area contributed by atoms with Gasteiger partial charge in [-0.25, -0.2) is 0 Å². The maximum Gasteiger partial charge on any atom is 0.00597 e. The first-order chi connectivity index (χ1) is 4.36. The minimum Gasteiger partial charge on any atom is -0.0925 e. The Bertz CT molecular complexity index is 70.6. The second kappa shape index (κ2) is 3.60. The topological polar surface area (TPSA) is 0 Å². The van der Waals surface area contributed by atoms with E-state index in [0.717, 1.165) is 11.8 Å². The third-order valence-corrected chi connectivity index (χ3v) is 3.36. The Morgan fingerprint density at radius 2 is 2.00 bits per heavy atom. The Kier molecular flexibility index (Phi) is 3.03. The lowest BCUT2D eigenvalue weighted by atomic mass is 10.0. The number of rotatable bonds is 2. The molecule has 9 heavy (non-hydrogen) atoms. The van der Waals surface area contributed by atoms with Crippen LogP contribution in [0, 0.1) is 11.8 Å². The summed E-state index contributed by atoms with van der Waals surface area (Å²) >= 11 is 3.53. The molecule has 0 spiro atoms. The Hall–Kier alpha value is 0.480. The molecule has 0 heterocycles. The third-order valence-electron chi connectivity index (χ3n) is 2.45. The standard InChI is InChI=1S/C8H15Br/c1-2-7-3-4-8(5-7)6-9/h7-8H,2-6H2,1H3/t7-,8+/m1/s1. The van der Waals surface area contributed by atoms with Crippen molar-refractivity contribution in [3.8, 4) is 0 Å². The molecule has 0 radical (unpaired) electrons. The van der Waals surface area contributed by atoms with Crippen molar-refractivity contribution in [3.05, 3.63) is 0 Å². The van der Waals surface area contributed by atoms with Crippen LogP contribution in [0.4, 0.5) is 0 Å². The van der Waals surface area contributed by atoms with Crippen molar-refractivity contribution in [1.82, 2.24) is 0 Å². The molecular weight excluding hydrogens is 176 g/mol. The van der Waals surface area contributed by atoms with Crippen LogP contribution in [-0.4, -0.2) is 5.33 Å². The molecule has 0 aromatic heterocycles. The lowest BCUT2D eigenvalue weighted by Crippen LogP contribution is -1.95. The SMILES string of the molecule is CC[C@@H]1CC[C@H](CBr)C1. The molecule has 0 amide bonds. The minimum absolute atomic E-state index is 0.995. The summed E-state index contributed by atoms with van der Waals surface area (Å²) in [5, 5.41) is 1.23. The van der Waals surface area contributed by atoms with Gasteiger partial charge in [0.05, 0.1) is 0 Å². The Morgan fingerprint density at radius 1 is 1.33 bits per heavy atom. The van der Waals surface area contributed by atoms with Gasteiger partial charge >= 0.3 is 0 Å². The molecule has 2 atom stereocenters. The highest BCUT2D eigenvalue weighted by Gasteiger charge is 2.21. The fourth-order valence-corrected chi connectivity index (χ4v) is 2.28. The highest BCUT2D eigenvalue weighted by Crippen LogP contribution is 2.33. The quantitative estimate of drug-likeness (QED) is 0.588. The average molecular weight is 191 g/mol. The van der Waals surface area contributed by atoms with E-state index < -0.39 is 0 Å². The van der Waals surface area contributed by atoms with Gasteiger partial charge in [0.25, 0.3) is 0 Å². The molecule has 1 aliphatic carbocycles. The van der Waals surface area contributed by atoms with Gasteiger partial charge in [0.1, 0.15) is 0 Å². The van der Waals surface area contributed by atoms with Crippen molar-refractivity contribution < 1.29 is 0 Å². The summed E-state index contributed by atoms with van der Waals surface area (Å²) in [7, 11) is 0. The molecule has 0 bridgehead atoms. The zero-order chi connectivity index (χ0) is 6.69. The first kappa shape index (κ1) is 7.59. The molecule has 0 unspecified atom stereocenters. The molecule has 1 fully saturated rings. The van der Waals surface area contributed by atoms with Crippen molar-refractivity contribution >= 4 is 15.9 Å². The molecule has 0 aromatic rings. The predicted molar refractivity (Wildman–Crippen MR) is 44.9 cm³/mol. The first-order valence-corrected chi connectivity index (χ1v) is 5.05. The fourth-order valence-electron chi connectivity index (χ4n) is 1.69. The van der Waals surface area contributed by atoms with E-state index >= 15 is 0 Å². The van der Waals surface area contributed by atoms with E-state index in [1.165, 1.54) is 31.0 Å². The minimum atomic E-state index is 0.995. The molecule has 0 N–H and O–H groups in total. The van der Waals surface area contributed by atoms with E-state index in [-0.39, 0.29) is 0 Å². The van der Waals surface area contributed by atoms with Gasteiger partial charge in [0.2, 0.25) is 0 Å². The van der Waals surface area contributed by atoms with Crippen LogP contribution in [0.1, 0.15) is 32.6 Å². The van der Waals surface area contributed by atoms with Crippen LogP contribution in [0.25, 0.3) is 0 Å². The summed E-state index contributed by atoms with van der Waals surface area (Å²) in [6.07, 6.45) is 5.81. The van der Waals surface area contributed by atoms with Crippen molar-refractivity contribution in [3.63, 3.8) is 0 Å². The van der Waals surface area contributed by atoms with E-state index in [4.69, 9.17) is 0 Å². The zero-order valence-electron chi connectivity index (χ0n) is 6.07. The van der Waals surface area contributed by atoms with Crippen LogP contribution >= 0.6 is 15.9 Å². The smallest absolute Gasteiger partial charge is 0.00597 e. The molecule has 0 aliphatic heterocycles. The van der Waals surface area contributed by atoms with Crippen molar-refractivity contribution in [1.29, 1.82) is 0 Å². The first-order valence-electron chi connectivity index (χ1n) is 3.92. The van der Waals surface area contributed by atoms with Gasteiger partial charge in [-0.2, -0.15) is 0 Å². The van der Waals surface area contributed by atoms with Gasteiger partial charge in [-0.1, -0.05) is 35.7 Å². The van der Waals surface area contributed by atoms with E-state index in [1.54, 1.807) is 0 Å². The Morgan fingerprint density at radius 3 is 2.33 bits per heavy atom. The number of hydrogen-bond acceptors (Lipinski definition) is 0. The molecule has 1 saturated carbocycles. The van der Waals surface area contributed by atoms with Crippen LogP contribution in [0.3, 0.4) is 0 Å². The lowest BCUT2D eigenvalue weighted by molar-refractivity contribution is 0.505. The molecule has 1 rings (SSSR count). The summed E-state index contributed by atoms with van der Waals surface area (Å²) in [6.45, 7) is 2.31. The van der Waals surface area contributed by atoms with Crippen molar-refractivity contribution in [2.75, 3.05) is 5.33 Å². The molecular formula is C8H15Br. The second-order valence-electron chi connectivity index (χ2n) is 3.11. The normalized spacial score (nSPS) is 35.3. The van der Waals surface area contributed by atoms with Crippen molar-refractivity contribution in [2.24, 2.45) is 11.8 Å². The molecule has 0 nitrogen and oxygen atoms in total. The van der Waals surface area contributed by atoms with E-state index in [1.807, 2.05) is 0 Å². The predicted octanol–water partition coefficient (Wildman–Crippen LogP) is 3.21. The summed E-state index contributed by atoms with van der Waals surface area (Å²) in [6, 6.07) is 0. The van der Waals surface area contributed by atoms with Crippen LogP contribution < -0.4 is 0 Å². The summed E-state index contributed by atoms with van der Waals surface area (Å²) in [4.78, 5) is 0. The lowest BCUT2D eigenvalue weighted by Gasteiger charge is -2.04. The zero-order valence-corrected chi connectivity index (χ0v) is 7.65. The van der Waals surface area contributed by atoms with E-state index in [2.05, 4.69) is 22.9 Å². The highest BCUT2D eigenvalue weighted by atomic mass is 79.9. The van der Waals surface area contributed by atoms with Gasteiger partial charge in [0, 0.05) is 5.33 Å². The molecule has 54 valence electrons. The third kappa shape index (κ3) is 1.96. The van der Waals surface area contributed by atoms with Gasteiger partial charge < -0.3 is 0 Å². The van der Waals surface area contributed by atoms with Crippen LogP contribution in [0.15, 0.2) is 0 Å². The number of hydrogen-bond donors (Lipinski definition) is 0. The van der Waals surface area contributed by atoms with Gasteiger partial charge in [-0.15, -0.1) is 0 Å². The van der Waals surface area contributed by atoms with Crippen LogP contribution in [0.2, 0.25) is 0 Å². The van der Waals surface area contributed by atoms with Crippen LogP contribution in [0.5, 0.6) is 0 Å². The van der Waals surface area contributed by atoms with Gasteiger partial charge in [-0.05, 0) is 24.7 Å². The summed E-state index contributed by atoms with van der Waals surface area (Å²) < 4.78 is 0. The van der Waals surface area contributed by atoms with E-state index in [9.17, 15) is 0 Å². The second-order valence-corrected chi connectivity index (χ2v) is 3.76. The largest absolute Gasteiger partial charge is 0.0925 e. The Balaban J connectivity index is 2.20. The molecule has 1 heteroatoms. The molecule has 0 aromatic carbocycles. The highest BCUT2D eigenvalue weighted by molar-refractivity contribution is 9.09. The van der Waals surface area contributed by atoms with Crippen molar-refractivity contribution in [2.45, 2.75) is 32.6 Å². The van der Waals surface area contributed by atoms with Gasteiger partial charge in [-0.3, -0.25) is 0 Å². The van der Waals surface area contributed by atoms with Crippen LogP contribution in [-0.2, 0) is 0 Å². The van der Waals surface area contributed by atoms with E-state index in [0.29, 0.717) is 0 Å². The summed E-state index contributed by atoms with van der Waals surface area (Å²) in [5.41, 5.74) is 0. The maximum absolute atomic E-state index is 3.53. The molecule has 0 saturated heterocycles. The summed E-state index contributed by atoms with van der Waals surface area (Å²) in [5.74, 6) is 2.04. The number of halogens is 1. The average Bonchev–Trinajstić information content (AvgIpc) is 2.34. The maximum atomic E-state index is 3.53. The number of alkyl halides is 1. The van der Waals surface area contributed by atoms with Gasteiger partial charge in [0.15, 0.2) is 0 Å².